The molecule has 0 radical (unpaired) electrons. The third-order valence-electron chi connectivity index (χ3n) is 2.00. The average molecular weight is 254 g/mol. The first-order chi connectivity index (χ1) is 8.04. The van der Waals surface area contributed by atoms with Crippen molar-refractivity contribution in [3.05, 3.63) is 29.6 Å². The van der Waals surface area contributed by atoms with Crippen LogP contribution in [0.25, 0.3) is 0 Å². The summed E-state index contributed by atoms with van der Waals surface area (Å²) in [4.78, 5) is 26.2. The number of carboxylic acids is 1. The number of pyridine rings is 1. The maximum absolute atomic E-state index is 11.7. The monoisotopic (exact) mass is 254 g/mol. The number of aromatic carboxylic acids is 1. The lowest BCUT2D eigenvalue weighted by Crippen LogP contribution is -2.34. The van der Waals surface area contributed by atoms with Crippen molar-refractivity contribution >= 4 is 23.6 Å². The molecule has 0 saturated heterocycles. The van der Waals surface area contributed by atoms with Crippen LogP contribution in [0.3, 0.4) is 0 Å². The molecular weight excluding hydrogens is 240 g/mol. The first-order valence-corrected chi connectivity index (χ1v) is 6.44. The van der Waals surface area contributed by atoms with Crippen molar-refractivity contribution in [1.82, 2.24) is 10.3 Å². The number of rotatable bonds is 5. The largest absolute Gasteiger partial charge is 0.477 e. The average Bonchev–Trinajstić information content (AvgIpc) is 2.29. The van der Waals surface area contributed by atoms with Crippen LogP contribution in [-0.2, 0) is 0 Å². The predicted octanol–water partition coefficient (Wildman–Crippen LogP) is 1.26. The third kappa shape index (κ3) is 4.07. The molecule has 0 aromatic carbocycles. The van der Waals surface area contributed by atoms with Crippen molar-refractivity contribution in [3.63, 3.8) is 0 Å². The summed E-state index contributed by atoms with van der Waals surface area (Å²) in [5, 5.41) is 11.5. The van der Waals surface area contributed by atoms with E-state index in [2.05, 4.69) is 10.3 Å². The molecule has 0 aliphatic heterocycles. The lowest BCUT2D eigenvalue weighted by atomic mass is 10.2. The number of nitrogens with zero attached hydrogens (tertiary/aromatic N) is 1. The van der Waals surface area contributed by atoms with E-state index in [1.807, 2.05) is 13.2 Å². The van der Waals surface area contributed by atoms with Crippen LogP contribution in [0.15, 0.2) is 18.2 Å². The van der Waals surface area contributed by atoms with Gasteiger partial charge in [-0.25, -0.2) is 9.78 Å². The highest BCUT2D eigenvalue weighted by molar-refractivity contribution is 7.98. The number of thioether (sulfide) groups is 1. The number of hydrogen-bond acceptors (Lipinski definition) is 4. The van der Waals surface area contributed by atoms with Crippen molar-refractivity contribution < 1.29 is 14.7 Å². The van der Waals surface area contributed by atoms with Crippen molar-refractivity contribution in [1.29, 1.82) is 0 Å². The van der Waals surface area contributed by atoms with E-state index in [9.17, 15) is 9.59 Å². The standard InChI is InChI=1S/C11H14N2O3S/c1-7(6-17-2)12-10(14)8-4-3-5-9(13-8)11(15)16/h3-5,7H,6H2,1-2H3,(H,12,14)(H,15,16). The van der Waals surface area contributed by atoms with E-state index in [4.69, 9.17) is 5.11 Å². The molecule has 2 N–H and O–H groups in total. The maximum atomic E-state index is 11.7. The summed E-state index contributed by atoms with van der Waals surface area (Å²) < 4.78 is 0. The number of carbonyl (C=O) groups excluding carboxylic acids is 1. The van der Waals surface area contributed by atoms with Gasteiger partial charge in [0, 0.05) is 11.8 Å². The zero-order valence-electron chi connectivity index (χ0n) is 9.64. The van der Waals surface area contributed by atoms with Gasteiger partial charge in [-0.1, -0.05) is 6.07 Å². The van der Waals surface area contributed by atoms with E-state index in [0.29, 0.717) is 0 Å². The summed E-state index contributed by atoms with van der Waals surface area (Å²) in [6.45, 7) is 1.88. The third-order valence-corrected chi connectivity index (χ3v) is 2.83. The fourth-order valence-electron chi connectivity index (χ4n) is 1.27. The summed E-state index contributed by atoms with van der Waals surface area (Å²) in [6, 6.07) is 4.37. The second kappa shape index (κ2) is 6.24. The molecule has 0 spiro atoms. The Morgan fingerprint density at radius 2 is 2.12 bits per heavy atom. The number of carboxylic acid groups (broad SMARTS) is 1. The van der Waals surface area contributed by atoms with E-state index in [1.165, 1.54) is 18.2 Å². The van der Waals surface area contributed by atoms with Gasteiger partial charge >= 0.3 is 5.97 Å². The molecule has 1 aromatic heterocycles. The van der Waals surface area contributed by atoms with Crippen molar-refractivity contribution in [2.24, 2.45) is 0 Å². The van der Waals surface area contributed by atoms with Crippen LogP contribution in [0.4, 0.5) is 0 Å². The molecule has 0 bridgehead atoms. The van der Waals surface area contributed by atoms with Crippen LogP contribution in [-0.4, -0.2) is 40.0 Å². The molecule has 17 heavy (non-hydrogen) atoms. The van der Waals surface area contributed by atoms with Crippen LogP contribution >= 0.6 is 11.8 Å². The molecule has 1 amide bonds. The molecule has 6 heteroatoms. The molecule has 1 atom stereocenters. The molecule has 92 valence electrons. The molecule has 0 fully saturated rings. The van der Waals surface area contributed by atoms with Gasteiger partial charge in [-0.15, -0.1) is 0 Å². The smallest absolute Gasteiger partial charge is 0.354 e. The Bertz CT molecular complexity index is 423. The molecule has 0 aliphatic rings. The van der Waals surface area contributed by atoms with Gasteiger partial charge in [0.25, 0.3) is 5.91 Å². The minimum Gasteiger partial charge on any atom is -0.477 e. The zero-order valence-corrected chi connectivity index (χ0v) is 10.5. The summed E-state index contributed by atoms with van der Waals surface area (Å²) in [5.74, 6) is -0.698. The number of hydrogen-bond donors (Lipinski definition) is 2. The van der Waals surface area contributed by atoms with Crippen molar-refractivity contribution in [2.45, 2.75) is 13.0 Å². The fourth-order valence-corrected chi connectivity index (χ4v) is 1.85. The summed E-state index contributed by atoms with van der Waals surface area (Å²) in [6.07, 6.45) is 1.95. The van der Waals surface area contributed by atoms with E-state index in [0.717, 1.165) is 5.75 Å². The van der Waals surface area contributed by atoms with Gasteiger partial charge in [-0.3, -0.25) is 4.79 Å². The van der Waals surface area contributed by atoms with E-state index < -0.39 is 5.97 Å². The Morgan fingerprint density at radius 1 is 1.47 bits per heavy atom. The number of nitrogens with one attached hydrogen (secondary N) is 1. The van der Waals surface area contributed by atoms with Crippen molar-refractivity contribution in [3.8, 4) is 0 Å². The normalized spacial score (nSPS) is 11.9. The SMILES string of the molecule is CSCC(C)NC(=O)c1cccc(C(=O)O)n1. The lowest BCUT2D eigenvalue weighted by Gasteiger charge is -2.11. The summed E-state index contributed by atoms with van der Waals surface area (Å²) in [7, 11) is 0. The topological polar surface area (TPSA) is 79.3 Å². The predicted molar refractivity (Wildman–Crippen MR) is 66.5 cm³/mol. The first-order valence-electron chi connectivity index (χ1n) is 5.04. The minimum atomic E-state index is -1.14. The Morgan fingerprint density at radius 3 is 2.71 bits per heavy atom. The second-order valence-electron chi connectivity index (χ2n) is 3.54. The molecule has 1 rings (SSSR count). The van der Waals surface area contributed by atoms with Crippen LogP contribution in [0, 0.1) is 0 Å². The van der Waals surface area contributed by atoms with E-state index in [1.54, 1.807) is 11.8 Å². The van der Waals surface area contributed by atoms with E-state index in [-0.39, 0.29) is 23.3 Å². The van der Waals surface area contributed by atoms with Gasteiger partial charge in [0.15, 0.2) is 0 Å². The Balaban J connectivity index is 2.75. The lowest BCUT2D eigenvalue weighted by molar-refractivity contribution is 0.0690. The number of amides is 1. The second-order valence-corrected chi connectivity index (χ2v) is 4.45. The zero-order chi connectivity index (χ0) is 12.8. The maximum Gasteiger partial charge on any atom is 0.354 e. The van der Waals surface area contributed by atoms with Crippen molar-refractivity contribution in [2.75, 3.05) is 12.0 Å². The van der Waals surface area contributed by atoms with Gasteiger partial charge in [-0.2, -0.15) is 11.8 Å². The molecule has 1 aromatic rings. The molecule has 0 aliphatic carbocycles. The molecule has 0 saturated carbocycles. The van der Waals surface area contributed by atoms with Gasteiger partial charge in [0.1, 0.15) is 11.4 Å². The molecule has 1 heterocycles. The minimum absolute atomic E-state index is 0.0211. The molecule has 5 nitrogen and oxygen atoms in total. The summed E-state index contributed by atoms with van der Waals surface area (Å²) >= 11 is 1.63. The van der Waals surface area contributed by atoms with Gasteiger partial charge < -0.3 is 10.4 Å². The highest BCUT2D eigenvalue weighted by Gasteiger charge is 2.13. The Kier molecular flexibility index (Phi) is 4.96. The summed E-state index contributed by atoms with van der Waals surface area (Å²) in [5.41, 5.74) is -0.00646. The highest BCUT2D eigenvalue weighted by Crippen LogP contribution is 2.02. The van der Waals surface area contributed by atoms with Gasteiger partial charge in [-0.05, 0) is 25.3 Å². The Labute approximate surface area is 104 Å². The number of aromatic nitrogens is 1. The number of carbonyl (C=O) groups is 2. The first kappa shape index (κ1) is 13.5. The van der Waals surface area contributed by atoms with Crippen LogP contribution in [0.5, 0.6) is 0 Å². The fraction of sp³-hybridized carbons (Fsp3) is 0.364. The van der Waals surface area contributed by atoms with E-state index >= 15 is 0 Å². The molecular formula is C11H14N2O3S. The van der Waals surface area contributed by atoms with Crippen LogP contribution < -0.4 is 5.32 Å². The molecule has 1 unspecified atom stereocenters. The quantitative estimate of drug-likeness (QED) is 0.827. The van der Waals surface area contributed by atoms with Crippen LogP contribution in [0.2, 0.25) is 0 Å². The highest BCUT2D eigenvalue weighted by atomic mass is 32.2. The van der Waals surface area contributed by atoms with Gasteiger partial charge in [0.05, 0.1) is 0 Å². The van der Waals surface area contributed by atoms with Gasteiger partial charge in [0.2, 0.25) is 0 Å². The Hall–Kier alpha value is -1.56. The van der Waals surface area contributed by atoms with Crippen LogP contribution in [0.1, 0.15) is 27.9 Å².